The summed E-state index contributed by atoms with van der Waals surface area (Å²) in [5, 5.41) is 0. The standard InChI is InChI=1S/C6H9N4.Rb/c1-10(2)6-8-4-3-5(7)9-6;/h3-4H,1-2H3,(H-,7,8,9);/q-1;+1. The zero-order chi connectivity index (χ0) is 7.56. The summed E-state index contributed by atoms with van der Waals surface area (Å²) in [5.41, 5.74) is 7.15. The molecule has 1 N–H and O–H groups in total. The molecule has 0 aliphatic carbocycles. The molecule has 0 bridgehead atoms. The molecule has 0 amide bonds. The molecule has 0 fully saturated rings. The minimum absolute atomic E-state index is 0. The van der Waals surface area contributed by atoms with Crippen molar-refractivity contribution in [1.82, 2.24) is 9.97 Å². The molecule has 0 aliphatic rings. The van der Waals surface area contributed by atoms with Gasteiger partial charge in [0.25, 0.3) is 0 Å². The molecule has 0 saturated carbocycles. The third-order valence-corrected chi connectivity index (χ3v) is 1.04. The Morgan fingerprint density at radius 1 is 1.45 bits per heavy atom. The average molecular weight is 223 g/mol. The predicted octanol–water partition coefficient (Wildman–Crippen LogP) is -1.77. The maximum Gasteiger partial charge on any atom is 1.00 e. The van der Waals surface area contributed by atoms with Crippen LogP contribution in [0, 0.1) is 0 Å². The van der Waals surface area contributed by atoms with Crippen molar-refractivity contribution >= 4 is 11.8 Å². The van der Waals surface area contributed by atoms with Gasteiger partial charge < -0.3 is 15.6 Å². The van der Waals surface area contributed by atoms with Gasteiger partial charge in [0, 0.05) is 20.3 Å². The summed E-state index contributed by atoms with van der Waals surface area (Å²) in [6.07, 6.45) is 1.57. The summed E-state index contributed by atoms with van der Waals surface area (Å²) in [6, 6.07) is 1.55. The van der Waals surface area contributed by atoms with Crippen LogP contribution in [-0.4, -0.2) is 24.1 Å². The first-order valence-corrected chi connectivity index (χ1v) is 2.92. The first-order valence-electron chi connectivity index (χ1n) is 2.92. The fraction of sp³-hybridized carbons (Fsp3) is 0.333. The molecule has 0 saturated heterocycles. The Morgan fingerprint density at radius 2 is 2.09 bits per heavy atom. The van der Waals surface area contributed by atoms with Gasteiger partial charge in [0.1, 0.15) is 5.95 Å². The van der Waals surface area contributed by atoms with Gasteiger partial charge in [0.05, 0.1) is 0 Å². The molecule has 1 aromatic heterocycles. The van der Waals surface area contributed by atoms with E-state index in [0.29, 0.717) is 5.95 Å². The van der Waals surface area contributed by atoms with Crippen LogP contribution in [0.5, 0.6) is 0 Å². The summed E-state index contributed by atoms with van der Waals surface area (Å²) in [6.45, 7) is 0. The average Bonchev–Trinajstić information content (AvgIpc) is 1.88. The number of aromatic nitrogens is 2. The van der Waals surface area contributed by atoms with Gasteiger partial charge in [-0.25, -0.2) is 4.98 Å². The van der Waals surface area contributed by atoms with Crippen molar-refractivity contribution in [2.45, 2.75) is 0 Å². The summed E-state index contributed by atoms with van der Waals surface area (Å²) in [5.74, 6) is 0.825. The van der Waals surface area contributed by atoms with Crippen molar-refractivity contribution < 1.29 is 58.2 Å². The van der Waals surface area contributed by atoms with E-state index in [1.54, 1.807) is 17.2 Å². The van der Waals surface area contributed by atoms with E-state index in [0.717, 1.165) is 0 Å². The molecule has 0 aliphatic heterocycles. The molecular formula is C6H9N4Rb. The smallest absolute Gasteiger partial charge is 0.482 e. The molecule has 0 radical (unpaired) electrons. The van der Waals surface area contributed by atoms with Gasteiger partial charge >= 0.3 is 58.2 Å². The normalized spacial score (nSPS) is 8.55. The quantitative estimate of drug-likeness (QED) is 0.565. The maximum atomic E-state index is 7.15. The molecular weight excluding hydrogens is 214 g/mol. The Bertz CT molecular complexity index is 226. The summed E-state index contributed by atoms with van der Waals surface area (Å²) in [7, 11) is 3.68. The van der Waals surface area contributed by atoms with Crippen LogP contribution < -0.4 is 63.1 Å². The first kappa shape index (κ1) is 11.5. The van der Waals surface area contributed by atoms with E-state index in [2.05, 4.69) is 9.97 Å². The number of hydrogen-bond donors (Lipinski definition) is 0. The minimum atomic E-state index is 0. The third kappa shape index (κ3) is 3.60. The molecule has 0 unspecified atom stereocenters. The fourth-order valence-corrected chi connectivity index (χ4v) is 0.564. The molecule has 0 atom stereocenters. The monoisotopic (exact) mass is 222 g/mol. The van der Waals surface area contributed by atoms with Crippen LogP contribution in [-0.2, 0) is 0 Å². The molecule has 4 nitrogen and oxygen atoms in total. The molecule has 5 heteroatoms. The van der Waals surface area contributed by atoms with Gasteiger partial charge in [0.15, 0.2) is 0 Å². The molecule has 1 heterocycles. The first-order chi connectivity index (χ1) is 4.70. The van der Waals surface area contributed by atoms with E-state index in [1.807, 2.05) is 14.1 Å². The maximum absolute atomic E-state index is 7.15. The van der Waals surface area contributed by atoms with Crippen molar-refractivity contribution in [3.05, 3.63) is 18.0 Å². The Kier molecular flexibility index (Phi) is 5.42. The van der Waals surface area contributed by atoms with Gasteiger partial charge in [-0.15, -0.1) is 0 Å². The Morgan fingerprint density at radius 3 is 2.45 bits per heavy atom. The molecule has 11 heavy (non-hydrogen) atoms. The van der Waals surface area contributed by atoms with Gasteiger partial charge in [-0.2, -0.15) is 0 Å². The number of rotatable bonds is 1. The summed E-state index contributed by atoms with van der Waals surface area (Å²) in [4.78, 5) is 9.55. The molecule has 1 rings (SSSR count). The van der Waals surface area contributed by atoms with Crippen LogP contribution in [0.2, 0.25) is 0 Å². The Labute approximate surface area is 115 Å². The topological polar surface area (TPSA) is 52.8 Å². The van der Waals surface area contributed by atoms with E-state index in [1.165, 1.54) is 0 Å². The Balaban J connectivity index is 0.000001000. The zero-order valence-electron chi connectivity index (χ0n) is 7.00. The van der Waals surface area contributed by atoms with Crippen LogP contribution >= 0.6 is 0 Å². The van der Waals surface area contributed by atoms with Crippen LogP contribution in [0.3, 0.4) is 0 Å². The molecule has 0 spiro atoms. The predicted molar refractivity (Wildman–Crippen MR) is 40.3 cm³/mol. The number of hydrogen-bond acceptors (Lipinski definition) is 3. The van der Waals surface area contributed by atoms with Crippen LogP contribution in [0.1, 0.15) is 0 Å². The third-order valence-electron chi connectivity index (χ3n) is 1.04. The number of nitrogens with one attached hydrogen (secondary N) is 1. The van der Waals surface area contributed by atoms with Crippen LogP contribution in [0.15, 0.2) is 12.3 Å². The van der Waals surface area contributed by atoms with Crippen molar-refractivity contribution in [2.24, 2.45) is 0 Å². The minimum Gasteiger partial charge on any atom is -0.482 e. The number of nitrogens with zero attached hydrogens (tertiary/aromatic N) is 3. The van der Waals surface area contributed by atoms with Gasteiger partial charge in [-0.1, -0.05) is 5.82 Å². The van der Waals surface area contributed by atoms with Gasteiger partial charge in [-0.05, 0) is 6.07 Å². The summed E-state index contributed by atoms with van der Waals surface area (Å²) >= 11 is 0. The van der Waals surface area contributed by atoms with Crippen LogP contribution in [0.4, 0.5) is 11.8 Å². The second-order valence-corrected chi connectivity index (χ2v) is 2.14. The van der Waals surface area contributed by atoms with E-state index in [4.69, 9.17) is 5.73 Å². The van der Waals surface area contributed by atoms with Gasteiger partial charge in [0.2, 0.25) is 0 Å². The van der Waals surface area contributed by atoms with E-state index >= 15 is 0 Å². The summed E-state index contributed by atoms with van der Waals surface area (Å²) < 4.78 is 0. The van der Waals surface area contributed by atoms with E-state index in [9.17, 15) is 0 Å². The Hall–Kier alpha value is 0.485. The van der Waals surface area contributed by atoms with Crippen molar-refractivity contribution in [3.8, 4) is 0 Å². The zero-order valence-corrected chi connectivity index (χ0v) is 11.9. The van der Waals surface area contributed by atoms with Crippen molar-refractivity contribution in [2.75, 3.05) is 19.0 Å². The SMILES string of the molecule is CN(C)c1nccc([NH-])n1.[Rb+]. The number of anilines is 1. The molecule has 0 aromatic carbocycles. The van der Waals surface area contributed by atoms with Crippen molar-refractivity contribution in [1.29, 1.82) is 0 Å². The molecule has 1 aromatic rings. The van der Waals surface area contributed by atoms with Gasteiger partial charge in [-0.3, -0.25) is 0 Å². The molecule has 54 valence electrons. The van der Waals surface area contributed by atoms with E-state index < -0.39 is 0 Å². The van der Waals surface area contributed by atoms with Crippen LogP contribution in [0.25, 0.3) is 5.73 Å². The fourth-order valence-electron chi connectivity index (χ4n) is 0.564. The van der Waals surface area contributed by atoms with E-state index in [-0.39, 0.29) is 64.0 Å². The second-order valence-electron chi connectivity index (χ2n) is 2.14. The second kappa shape index (κ2) is 5.19. The largest absolute Gasteiger partial charge is 1.00 e. The van der Waals surface area contributed by atoms with Crippen molar-refractivity contribution in [3.63, 3.8) is 0 Å².